The zero-order valence-electron chi connectivity index (χ0n) is 49.6. The van der Waals surface area contributed by atoms with Crippen molar-refractivity contribution in [2.75, 3.05) is 38.7 Å². The van der Waals surface area contributed by atoms with Crippen molar-refractivity contribution in [3.8, 4) is 43.4 Å². The minimum Gasteiger partial charge on any atom is -0.481 e. The van der Waals surface area contributed by atoms with Crippen LogP contribution in [0, 0.1) is 12.8 Å². The predicted octanol–water partition coefficient (Wildman–Crippen LogP) is 10.00. The van der Waals surface area contributed by atoms with Gasteiger partial charge in [-0.15, -0.1) is 68.0 Å². The number of carboxylic acid groups (broad SMARTS) is 2. The van der Waals surface area contributed by atoms with Crippen molar-refractivity contribution in [1.29, 1.82) is 0 Å². The molecule has 0 saturated carbocycles. The van der Waals surface area contributed by atoms with Gasteiger partial charge in [-0.1, -0.05) is 51.1 Å². The molecule has 1 fully saturated rings. The molecule has 2 aliphatic rings. The molecule has 30 heteroatoms. The van der Waals surface area contributed by atoms with E-state index < -0.39 is 66.2 Å². The molecule has 6 amide bonds. The summed E-state index contributed by atoms with van der Waals surface area (Å²) in [5, 5.41) is 40.0. The van der Waals surface area contributed by atoms with Gasteiger partial charge in [-0.3, -0.25) is 38.5 Å². The first-order valence-corrected chi connectivity index (χ1v) is 33.9. The highest BCUT2D eigenvalue weighted by Crippen LogP contribution is 2.42. The van der Waals surface area contributed by atoms with Gasteiger partial charge >= 0.3 is 18.0 Å². The lowest BCUT2D eigenvalue weighted by Crippen LogP contribution is -2.40. The van der Waals surface area contributed by atoms with E-state index in [2.05, 4.69) is 21.3 Å². The first-order chi connectivity index (χ1) is 43.3. The van der Waals surface area contributed by atoms with Crippen LogP contribution in [0.3, 0.4) is 0 Å². The number of aryl methyl sites for hydroxylation is 1. The zero-order chi connectivity index (χ0) is 63.9. The second kappa shape index (κ2) is 28.8. The van der Waals surface area contributed by atoms with Crippen LogP contribution in [-0.2, 0) is 30.5 Å². The molecule has 1 aromatic carbocycles. The van der Waals surface area contributed by atoms with Crippen LogP contribution in [0.4, 0.5) is 10.6 Å². The molecule has 24 nitrogen and oxygen atoms in total. The van der Waals surface area contributed by atoms with Crippen LogP contribution in [0.25, 0.3) is 43.4 Å². The number of amides is 6. The van der Waals surface area contributed by atoms with E-state index in [9.17, 15) is 48.6 Å². The second-order valence-electron chi connectivity index (χ2n) is 21.8. The number of methoxy groups -OCH3 is 1. The fourth-order valence-electron chi connectivity index (χ4n) is 10.5. The summed E-state index contributed by atoms with van der Waals surface area (Å²) in [5.41, 5.74) is 3.41. The zero-order valence-corrected chi connectivity index (χ0v) is 54.5. The Labute approximate surface area is 540 Å². The number of fused-ring (bicyclic) bond motifs is 14. The monoisotopic (exact) mass is 1330 g/mol. The van der Waals surface area contributed by atoms with Crippen molar-refractivity contribution in [3.05, 3.63) is 111 Å². The van der Waals surface area contributed by atoms with Crippen molar-refractivity contribution in [2.24, 2.45) is 5.92 Å². The summed E-state index contributed by atoms with van der Waals surface area (Å²) in [6, 6.07) is 10.8. The number of anilines is 1. The molecule has 1 saturated heterocycles. The second-order valence-corrected chi connectivity index (χ2v) is 27.6. The highest BCUT2D eigenvalue weighted by molar-refractivity contribution is 7.15. The number of aliphatic carboxylic acids is 2. The van der Waals surface area contributed by atoms with Gasteiger partial charge in [0, 0.05) is 90.3 Å². The number of ether oxygens (including phenoxy) is 1. The topological polar surface area (TPSA) is 331 Å². The summed E-state index contributed by atoms with van der Waals surface area (Å²) in [4.78, 5) is 146. The Bertz CT molecular complexity index is 3990. The Morgan fingerprint density at radius 1 is 0.722 bits per heavy atom. The van der Waals surface area contributed by atoms with E-state index in [0.29, 0.717) is 86.8 Å². The number of pyridine rings is 1. The minimum absolute atomic E-state index is 0.0275. The van der Waals surface area contributed by atoms with Crippen LogP contribution >= 0.6 is 68.0 Å². The first kappa shape index (κ1) is 64.8. The fraction of sp³-hybridized carbons (Fsp3) is 0.383. The average Bonchev–Trinajstić information content (AvgIpc) is 1.72. The third-order valence-electron chi connectivity index (χ3n) is 15.2. The van der Waals surface area contributed by atoms with Gasteiger partial charge in [-0.2, -0.15) is 0 Å². The summed E-state index contributed by atoms with van der Waals surface area (Å²) >= 11 is 7.49. The molecule has 470 valence electrons. The van der Waals surface area contributed by atoms with Crippen LogP contribution < -0.4 is 26.2 Å². The molecule has 5 atom stereocenters. The first-order valence-electron chi connectivity index (χ1n) is 28.8. The normalized spacial score (nSPS) is 17.9. The summed E-state index contributed by atoms with van der Waals surface area (Å²) in [7, 11) is 2.98. The van der Waals surface area contributed by atoms with Crippen LogP contribution in [0.15, 0.2) is 64.0 Å². The van der Waals surface area contributed by atoms with Gasteiger partial charge in [-0.25, -0.2) is 39.7 Å². The third kappa shape index (κ3) is 14.9. The number of thiazole rings is 6. The molecule has 2 aliphatic heterocycles. The van der Waals surface area contributed by atoms with E-state index in [1.165, 1.54) is 87.1 Å². The molecule has 0 aliphatic carbocycles. The maximum Gasteiger partial charge on any atom is 0.326 e. The van der Waals surface area contributed by atoms with Gasteiger partial charge < -0.3 is 41.1 Å². The standard InChI is InChI=1S/C60H63N13O11S6/c1-29(2)35-20-41(74)49-31(4)89-58(70-49)37(21-44(75)61-5)64-52(81)39-26-85-54(66-39)34-17-18-36(56-68-43(28-88-56)73-33(14-10-15-46(77)78)23-72(60(73)83)19-11-16-47(79)80)63-50(34)38-25-86-57(65-38)40-27-87-59(67-40)48(30(3)32-12-8-7-9-13-32)69-45(76)22-62-53(82)51-42(24-84-6)90-55(35)71-51/h7-9,12-13,17-18,25-30,33,35,37,48H,10-11,14-16,19-24H2,1-6H3,(H,61,75)(H,62,82)(H,64,81)(H,69,76)(H,77,78)(H,79,80)/t30-,33?,35?,37-,48-/m0/s1. The van der Waals surface area contributed by atoms with Crippen LogP contribution in [0.1, 0.15) is 151 Å². The lowest BCUT2D eigenvalue weighted by atomic mass is 9.90. The number of ketones is 1. The summed E-state index contributed by atoms with van der Waals surface area (Å²) in [6.07, 6.45) is 0.442. The SMILES string of the molecule is CNC(=O)C[C@@H]1NC(=O)c2csc(n2)-c2ccc(-c3nc(N4C(=O)N(CCCC(=O)O)CC4CCCC(=O)O)cs3)nc2-c2csc(n2)-c2csc(n2)[C@H]([C@@H](C)c2ccccc2)NC(=O)CNC(=O)c2nc(sc2COC)C(C(C)C)CC(=O)c2nc1sc2C. The number of hydrogen-bond acceptors (Lipinski definition) is 22. The van der Waals surface area contributed by atoms with Gasteiger partial charge in [0.2, 0.25) is 11.8 Å². The highest BCUT2D eigenvalue weighted by Gasteiger charge is 2.40. The molecule has 9 heterocycles. The van der Waals surface area contributed by atoms with Gasteiger partial charge in [0.15, 0.2) is 5.78 Å². The van der Waals surface area contributed by atoms with Gasteiger partial charge in [0.05, 0.1) is 53.3 Å². The quantitative estimate of drug-likeness (QED) is 0.0493. The Balaban J connectivity index is 1.04. The Morgan fingerprint density at radius 2 is 1.42 bits per heavy atom. The molecular formula is C60H63N13O11S6. The highest BCUT2D eigenvalue weighted by atomic mass is 32.1. The Hall–Kier alpha value is -8.13. The molecule has 8 aromatic rings. The van der Waals surface area contributed by atoms with Gasteiger partial charge in [0.1, 0.15) is 65.0 Å². The average molecular weight is 1330 g/mol. The third-order valence-corrected chi connectivity index (χ3v) is 21.0. The molecular weight excluding hydrogens is 1270 g/mol. The summed E-state index contributed by atoms with van der Waals surface area (Å²) < 4.78 is 5.50. The summed E-state index contributed by atoms with van der Waals surface area (Å²) in [6.45, 7) is 7.74. The lowest BCUT2D eigenvalue weighted by molar-refractivity contribution is -0.138. The van der Waals surface area contributed by atoms with E-state index in [-0.39, 0.29) is 92.5 Å². The van der Waals surface area contributed by atoms with Gasteiger partial charge in [-0.05, 0) is 49.8 Å². The Kier molecular flexibility index (Phi) is 20.7. The van der Waals surface area contributed by atoms with Crippen molar-refractivity contribution >= 4 is 121 Å². The number of nitrogens with one attached hydrogen (secondary N) is 4. The molecule has 90 heavy (non-hydrogen) atoms. The number of carbonyl (C=O) groups is 8. The maximum atomic E-state index is 14.4. The number of carboxylic acids is 2. The van der Waals surface area contributed by atoms with Crippen molar-refractivity contribution < 1.29 is 53.3 Å². The number of urea groups is 1. The number of benzene rings is 1. The maximum absolute atomic E-state index is 14.4. The molecule has 6 N–H and O–H groups in total. The van der Waals surface area contributed by atoms with Crippen molar-refractivity contribution in [1.82, 2.24) is 61.1 Å². The molecule has 0 spiro atoms. The van der Waals surface area contributed by atoms with Crippen molar-refractivity contribution in [3.63, 3.8) is 0 Å². The molecule has 7 aromatic heterocycles. The van der Waals surface area contributed by atoms with Crippen LogP contribution in [-0.4, -0.2) is 137 Å². The van der Waals surface area contributed by atoms with Crippen LogP contribution in [0.5, 0.6) is 0 Å². The van der Waals surface area contributed by atoms with E-state index in [1.54, 1.807) is 34.7 Å². The predicted molar refractivity (Wildman–Crippen MR) is 343 cm³/mol. The number of carbonyl (C=O) groups excluding carboxylic acids is 6. The molecule has 10 bridgehead atoms. The van der Waals surface area contributed by atoms with E-state index in [1.807, 2.05) is 61.9 Å². The molecule has 0 radical (unpaired) electrons. The summed E-state index contributed by atoms with van der Waals surface area (Å²) in [5.74, 6) is -4.90. The number of hydrogen-bond donors (Lipinski definition) is 6. The number of aromatic nitrogens is 7. The van der Waals surface area contributed by atoms with Crippen LogP contribution in [0.2, 0.25) is 0 Å². The Morgan fingerprint density at radius 3 is 2.17 bits per heavy atom. The smallest absolute Gasteiger partial charge is 0.326 e. The van der Waals surface area contributed by atoms with Crippen molar-refractivity contribution in [2.45, 2.75) is 109 Å². The molecule has 2 unspecified atom stereocenters. The number of nitrogens with zero attached hydrogens (tertiary/aromatic N) is 9. The fourth-order valence-corrected chi connectivity index (χ4v) is 16.2. The minimum atomic E-state index is -0.982. The number of Topliss-reactive ketones (excluding diaryl/α,β-unsaturated/α-hetero) is 1. The lowest BCUT2D eigenvalue weighted by Gasteiger charge is -2.24. The van der Waals surface area contributed by atoms with E-state index in [0.717, 1.165) is 5.56 Å². The van der Waals surface area contributed by atoms with E-state index in [4.69, 9.17) is 39.6 Å². The van der Waals surface area contributed by atoms with Gasteiger partial charge in [0.25, 0.3) is 11.8 Å². The molecule has 10 rings (SSSR count). The number of rotatable bonds is 17. The largest absolute Gasteiger partial charge is 0.481 e. The van der Waals surface area contributed by atoms with E-state index >= 15 is 0 Å².